The van der Waals surface area contributed by atoms with E-state index >= 15 is 0 Å². The third-order valence-corrected chi connectivity index (χ3v) is 2.87. The summed E-state index contributed by atoms with van der Waals surface area (Å²) in [6.45, 7) is 0. The predicted molar refractivity (Wildman–Crippen MR) is 42.9 cm³/mol. The standard InChI is InChI=1S/C8H8OS/c9-7-5-10-8-4-2-1-3-6(7)8/h3-4H,1-2,5H2. The predicted octanol–water partition coefficient (Wildman–Crippen LogP) is 1.91. The summed E-state index contributed by atoms with van der Waals surface area (Å²) in [4.78, 5) is 12.3. The molecule has 1 nitrogen and oxygen atoms in total. The molecule has 1 saturated heterocycles. The zero-order valence-electron chi connectivity index (χ0n) is 5.59. The summed E-state index contributed by atoms with van der Waals surface area (Å²) in [6, 6.07) is 0. The molecule has 0 atom stereocenters. The Bertz CT molecular complexity index is 238. The number of fused-ring (bicyclic) bond motifs is 1. The van der Waals surface area contributed by atoms with Gasteiger partial charge in [0, 0.05) is 10.5 Å². The summed E-state index contributed by atoms with van der Waals surface area (Å²) in [7, 11) is 0. The first-order chi connectivity index (χ1) is 4.88. The highest BCUT2D eigenvalue weighted by Crippen LogP contribution is 2.36. The molecule has 2 heteroatoms. The summed E-state index contributed by atoms with van der Waals surface area (Å²) < 4.78 is 0. The van der Waals surface area contributed by atoms with Gasteiger partial charge in [0.15, 0.2) is 5.78 Å². The molecule has 1 aliphatic heterocycles. The normalized spacial score (nSPS) is 23.8. The molecule has 10 heavy (non-hydrogen) atoms. The zero-order chi connectivity index (χ0) is 6.97. The molecule has 0 aromatic carbocycles. The van der Waals surface area contributed by atoms with E-state index in [-0.39, 0.29) is 0 Å². The van der Waals surface area contributed by atoms with Gasteiger partial charge in [-0.05, 0) is 12.8 Å². The van der Waals surface area contributed by atoms with Gasteiger partial charge in [-0.3, -0.25) is 4.79 Å². The molecule has 1 fully saturated rings. The number of rotatable bonds is 0. The zero-order valence-corrected chi connectivity index (χ0v) is 6.41. The first-order valence-electron chi connectivity index (χ1n) is 3.44. The van der Waals surface area contributed by atoms with Crippen molar-refractivity contribution in [3.63, 3.8) is 0 Å². The fourth-order valence-electron chi connectivity index (χ4n) is 1.26. The number of hydrogen-bond donors (Lipinski definition) is 0. The largest absolute Gasteiger partial charge is 0.293 e. The number of carbonyl (C=O) groups is 1. The molecular weight excluding hydrogens is 144 g/mol. The Morgan fingerprint density at radius 3 is 2.90 bits per heavy atom. The maximum atomic E-state index is 11.1. The molecular formula is C8H8OS. The molecule has 0 spiro atoms. The van der Waals surface area contributed by atoms with E-state index in [4.69, 9.17) is 0 Å². The van der Waals surface area contributed by atoms with E-state index in [0.29, 0.717) is 11.5 Å². The van der Waals surface area contributed by atoms with Crippen molar-refractivity contribution in [1.29, 1.82) is 0 Å². The molecule has 0 bridgehead atoms. The minimum Gasteiger partial charge on any atom is -0.293 e. The van der Waals surface area contributed by atoms with E-state index in [1.807, 2.05) is 0 Å². The monoisotopic (exact) mass is 152 g/mol. The Balaban J connectivity index is 2.39. The second-order valence-corrected chi connectivity index (χ2v) is 3.49. The highest BCUT2D eigenvalue weighted by atomic mass is 32.2. The van der Waals surface area contributed by atoms with Crippen molar-refractivity contribution in [3.05, 3.63) is 22.6 Å². The first kappa shape index (κ1) is 6.23. The lowest BCUT2D eigenvalue weighted by atomic mass is 10.0. The van der Waals surface area contributed by atoms with E-state index in [9.17, 15) is 4.79 Å². The molecule has 0 N–H and O–H groups in total. The summed E-state index contributed by atoms with van der Waals surface area (Å²) in [5.74, 6) is 0.980. The van der Waals surface area contributed by atoms with E-state index in [2.05, 4.69) is 12.2 Å². The van der Waals surface area contributed by atoms with Gasteiger partial charge in [-0.25, -0.2) is 0 Å². The maximum absolute atomic E-state index is 11.1. The van der Waals surface area contributed by atoms with Crippen molar-refractivity contribution < 1.29 is 4.79 Å². The van der Waals surface area contributed by atoms with Crippen LogP contribution in [0, 0.1) is 0 Å². The van der Waals surface area contributed by atoms with E-state index in [0.717, 1.165) is 18.4 Å². The first-order valence-corrected chi connectivity index (χ1v) is 4.43. The molecule has 0 radical (unpaired) electrons. The SMILES string of the molecule is O=C1CSC2=CCCC=C12. The summed E-state index contributed by atoms with van der Waals surface area (Å²) in [6.07, 6.45) is 6.40. The lowest BCUT2D eigenvalue weighted by Crippen LogP contribution is -1.98. The van der Waals surface area contributed by atoms with Crippen LogP contribution in [-0.2, 0) is 4.79 Å². The molecule has 1 heterocycles. The fourth-order valence-corrected chi connectivity index (χ4v) is 2.29. The average molecular weight is 152 g/mol. The summed E-state index contributed by atoms with van der Waals surface area (Å²) in [5.41, 5.74) is 0.983. The number of ketones is 1. The molecule has 0 unspecified atom stereocenters. The minimum absolute atomic E-state index is 0.316. The molecule has 0 aromatic rings. The van der Waals surface area contributed by atoms with Crippen LogP contribution in [0.2, 0.25) is 0 Å². The highest BCUT2D eigenvalue weighted by Gasteiger charge is 2.23. The van der Waals surface area contributed by atoms with Crippen LogP contribution in [0.5, 0.6) is 0 Å². The van der Waals surface area contributed by atoms with Crippen LogP contribution >= 0.6 is 11.8 Å². The van der Waals surface area contributed by atoms with Crippen LogP contribution in [0.25, 0.3) is 0 Å². The van der Waals surface area contributed by atoms with Crippen molar-refractivity contribution in [3.8, 4) is 0 Å². The highest BCUT2D eigenvalue weighted by molar-refractivity contribution is 8.04. The van der Waals surface area contributed by atoms with E-state index < -0.39 is 0 Å². The van der Waals surface area contributed by atoms with Crippen molar-refractivity contribution in [2.24, 2.45) is 0 Å². The third kappa shape index (κ3) is 0.833. The van der Waals surface area contributed by atoms with Crippen LogP contribution in [0.1, 0.15) is 12.8 Å². The van der Waals surface area contributed by atoms with Crippen LogP contribution in [0.4, 0.5) is 0 Å². The molecule has 2 aliphatic rings. The Morgan fingerprint density at radius 2 is 2.10 bits per heavy atom. The number of allylic oxidation sites excluding steroid dienone is 3. The second kappa shape index (κ2) is 2.27. The Hall–Kier alpha value is -0.500. The molecule has 1 aliphatic carbocycles. The van der Waals surface area contributed by atoms with Gasteiger partial charge >= 0.3 is 0 Å². The van der Waals surface area contributed by atoms with Gasteiger partial charge in [0.25, 0.3) is 0 Å². The lowest BCUT2D eigenvalue weighted by Gasteiger charge is -2.03. The van der Waals surface area contributed by atoms with Crippen LogP contribution in [0.3, 0.4) is 0 Å². The van der Waals surface area contributed by atoms with Crippen molar-refractivity contribution >= 4 is 17.5 Å². The smallest absolute Gasteiger partial charge is 0.173 e. The molecule has 0 saturated carbocycles. The quantitative estimate of drug-likeness (QED) is 0.527. The maximum Gasteiger partial charge on any atom is 0.173 e. The van der Waals surface area contributed by atoms with Gasteiger partial charge in [0.05, 0.1) is 5.75 Å². The minimum atomic E-state index is 0.316. The van der Waals surface area contributed by atoms with Crippen molar-refractivity contribution in [2.75, 3.05) is 5.75 Å². The molecule has 52 valence electrons. The summed E-state index contributed by atoms with van der Waals surface area (Å²) in [5, 5.41) is 0. The molecule has 0 amide bonds. The number of thioether (sulfide) groups is 1. The topological polar surface area (TPSA) is 17.1 Å². The number of hydrogen-bond acceptors (Lipinski definition) is 2. The molecule has 0 aromatic heterocycles. The molecule has 2 rings (SSSR count). The summed E-state index contributed by atoms with van der Waals surface area (Å²) >= 11 is 1.68. The van der Waals surface area contributed by atoms with E-state index in [1.165, 1.54) is 4.91 Å². The Labute approximate surface area is 64.2 Å². The van der Waals surface area contributed by atoms with Crippen LogP contribution in [0.15, 0.2) is 22.6 Å². The number of Topliss-reactive ketones (excluding diaryl/α,β-unsaturated/α-hetero) is 1. The van der Waals surface area contributed by atoms with Gasteiger partial charge in [-0.2, -0.15) is 0 Å². The van der Waals surface area contributed by atoms with Gasteiger partial charge in [0.1, 0.15) is 0 Å². The van der Waals surface area contributed by atoms with Gasteiger partial charge in [-0.1, -0.05) is 12.2 Å². The van der Waals surface area contributed by atoms with Crippen LogP contribution in [-0.4, -0.2) is 11.5 Å². The van der Waals surface area contributed by atoms with Gasteiger partial charge < -0.3 is 0 Å². The Kier molecular flexibility index (Phi) is 1.42. The fraction of sp³-hybridized carbons (Fsp3) is 0.375. The van der Waals surface area contributed by atoms with Crippen LogP contribution < -0.4 is 0 Å². The average Bonchev–Trinajstić information content (AvgIpc) is 2.34. The number of carbonyl (C=O) groups excluding carboxylic acids is 1. The second-order valence-electron chi connectivity index (χ2n) is 2.48. The van der Waals surface area contributed by atoms with E-state index in [1.54, 1.807) is 11.8 Å². The van der Waals surface area contributed by atoms with Crippen molar-refractivity contribution in [1.82, 2.24) is 0 Å². The van der Waals surface area contributed by atoms with Gasteiger partial charge in [0.2, 0.25) is 0 Å². The Morgan fingerprint density at radius 1 is 1.30 bits per heavy atom. The van der Waals surface area contributed by atoms with Crippen molar-refractivity contribution in [2.45, 2.75) is 12.8 Å². The van der Waals surface area contributed by atoms with Gasteiger partial charge in [-0.15, -0.1) is 11.8 Å². The third-order valence-electron chi connectivity index (χ3n) is 1.77. The lowest BCUT2D eigenvalue weighted by molar-refractivity contribution is -0.112.